The smallest absolute Gasteiger partial charge is 0.291 e. The molecule has 0 spiro atoms. The predicted octanol–water partition coefficient (Wildman–Crippen LogP) is 2.41. The number of aromatic nitrogens is 4. The van der Waals surface area contributed by atoms with Crippen molar-refractivity contribution in [1.29, 1.82) is 0 Å². The van der Waals surface area contributed by atoms with Gasteiger partial charge in [0, 0.05) is 29.4 Å². The van der Waals surface area contributed by atoms with Crippen LogP contribution in [0.5, 0.6) is 0 Å². The molecule has 0 aliphatic heterocycles. The molecule has 118 valence electrons. The molecular formula is C14H19N5OS2. The standard InChI is InChI=1S/C14H19N5OS2/c1-9-7-21-14(16-9)22-11-5-3-10(4-6-11)17-13(20)12-15-8-19(2)18-12/h7-8,10-11H,3-6H2,1-2H3,(H,17,20). The van der Waals surface area contributed by atoms with E-state index in [4.69, 9.17) is 0 Å². The third-order valence-corrected chi connectivity index (χ3v) is 6.10. The zero-order valence-electron chi connectivity index (χ0n) is 12.7. The lowest BCUT2D eigenvalue weighted by Crippen LogP contribution is -2.38. The van der Waals surface area contributed by atoms with Crippen molar-refractivity contribution in [3.63, 3.8) is 0 Å². The summed E-state index contributed by atoms with van der Waals surface area (Å²) in [5.41, 5.74) is 1.09. The van der Waals surface area contributed by atoms with Crippen LogP contribution in [0.3, 0.4) is 0 Å². The maximum atomic E-state index is 12.0. The minimum absolute atomic E-state index is 0.174. The lowest BCUT2D eigenvalue weighted by molar-refractivity contribution is 0.0917. The van der Waals surface area contributed by atoms with Crippen LogP contribution in [0.2, 0.25) is 0 Å². The highest BCUT2D eigenvalue weighted by molar-refractivity contribution is 8.01. The number of thiazole rings is 1. The molecule has 2 aromatic rings. The number of hydrogen-bond acceptors (Lipinski definition) is 6. The van der Waals surface area contributed by atoms with Crippen molar-refractivity contribution in [2.24, 2.45) is 7.05 Å². The van der Waals surface area contributed by atoms with Crippen molar-refractivity contribution in [2.75, 3.05) is 0 Å². The molecule has 1 aliphatic rings. The largest absolute Gasteiger partial charge is 0.347 e. The van der Waals surface area contributed by atoms with Gasteiger partial charge in [-0.05, 0) is 32.6 Å². The molecule has 6 nitrogen and oxygen atoms in total. The first-order valence-electron chi connectivity index (χ1n) is 7.35. The second-order valence-corrected chi connectivity index (χ2v) is 7.97. The highest BCUT2D eigenvalue weighted by Gasteiger charge is 2.25. The third-order valence-electron chi connectivity index (χ3n) is 3.68. The first kappa shape index (κ1) is 15.5. The molecule has 3 rings (SSSR count). The SMILES string of the molecule is Cc1csc(SC2CCC(NC(=O)c3ncn(C)n3)CC2)n1. The van der Waals surface area contributed by atoms with Gasteiger partial charge in [-0.3, -0.25) is 9.48 Å². The van der Waals surface area contributed by atoms with Gasteiger partial charge in [-0.15, -0.1) is 16.4 Å². The van der Waals surface area contributed by atoms with Gasteiger partial charge in [-0.2, -0.15) is 0 Å². The summed E-state index contributed by atoms with van der Waals surface area (Å²) < 4.78 is 2.70. The van der Waals surface area contributed by atoms with Gasteiger partial charge >= 0.3 is 0 Å². The number of amides is 1. The molecule has 1 amide bonds. The summed E-state index contributed by atoms with van der Waals surface area (Å²) in [6, 6.07) is 0.228. The van der Waals surface area contributed by atoms with Gasteiger partial charge in [0.15, 0.2) is 0 Å². The summed E-state index contributed by atoms with van der Waals surface area (Å²) in [5, 5.41) is 9.76. The molecule has 0 atom stereocenters. The normalized spacial score (nSPS) is 21.7. The number of nitrogens with zero attached hydrogens (tertiary/aromatic N) is 4. The van der Waals surface area contributed by atoms with E-state index in [1.807, 2.05) is 18.7 Å². The van der Waals surface area contributed by atoms with Gasteiger partial charge in [0.1, 0.15) is 10.7 Å². The molecule has 0 radical (unpaired) electrons. The van der Waals surface area contributed by atoms with E-state index in [2.05, 4.69) is 25.8 Å². The molecule has 1 N–H and O–H groups in total. The van der Waals surface area contributed by atoms with E-state index in [0.717, 1.165) is 35.7 Å². The summed E-state index contributed by atoms with van der Waals surface area (Å²) in [6.07, 6.45) is 5.74. The molecule has 1 saturated carbocycles. The Morgan fingerprint density at radius 3 is 2.77 bits per heavy atom. The number of rotatable bonds is 4. The minimum Gasteiger partial charge on any atom is -0.347 e. The van der Waals surface area contributed by atoms with Crippen LogP contribution in [0.25, 0.3) is 0 Å². The molecule has 22 heavy (non-hydrogen) atoms. The lowest BCUT2D eigenvalue weighted by atomic mass is 9.95. The van der Waals surface area contributed by atoms with Crippen molar-refractivity contribution < 1.29 is 4.79 Å². The van der Waals surface area contributed by atoms with Gasteiger partial charge in [-0.1, -0.05) is 11.8 Å². The Morgan fingerprint density at radius 2 is 2.18 bits per heavy atom. The molecule has 8 heteroatoms. The fourth-order valence-electron chi connectivity index (χ4n) is 2.55. The second-order valence-electron chi connectivity index (χ2n) is 5.56. The zero-order valence-corrected chi connectivity index (χ0v) is 14.3. The Balaban J connectivity index is 1.46. The van der Waals surface area contributed by atoms with Crippen LogP contribution in [0.4, 0.5) is 0 Å². The summed E-state index contributed by atoms with van der Waals surface area (Å²) in [4.78, 5) is 20.5. The monoisotopic (exact) mass is 337 g/mol. The summed E-state index contributed by atoms with van der Waals surface area (Å²) >= 11 is 3.59. The van der Waals surface area contributed by atoms with Crippen LogP contribution in [-0.4, -0.2) is 36.9 Å². The molecular weight excluding hydrogens is 318 g/mol. The molecule has 0 saturated heterocycles. The van der Waals surface area contributed by atoms with Crippen LogP contribution in [0.15, 0.2) is 16.0 Å². The molecule has 1 fully saturated rings. The van der Waals surface area contributed by atoms with Gasteiger partial charge in [-0.25, -0.2) is 9.97 Å². The number of nitrogens with one attached hydrogen (secondary N) is 1. The fourth-order valence-corrected chi connectivity index (χ4v) is 4.83. The van der Waals surface area contributed by atoms with E-state index < -0.39 is 0 Å². The van der Waals surface area contributed by atoms with E-state index in [1.165, 1.54) is 0 Å². The minimum atomic E-state index is -0.174. The summed E-state index contributed by atoms with van der Waals surface area (Å²) in [7, 11) is 1.76. The van der Waals surface area contributed by atoms with Crippen LogP contribution in [0.1, 0.15) is 42.0 Å². The van der Waals surface area contributed by atoms with Crippen molar-refractivity contribution in [3.8, 4) is 0 Å². The first-order valence-corrected chi connectivity index (χ1v) is 9.11. The fraction of sp³-hybridized carbons (Fsp3) is 0.571. The molecule has 0 aromatic carbocycles. The van der Waals surface area contributed by atoms with Gasteiger partial charge < -0.3 is 5.32 Å². The van der Waals surface area contributed by atoms with Gasteiger partial charge in [0.25, 0.3) is 5.91 Å². The van der Waals surface area contributed by atoms with Crippen molar-refractivity contribution in [1.82, 2.24) is 25.1 Å². The van der Waals surface area contributed by atoms with E-state index in [-0.39, 0.29) is 17.8 Å². The van der Waals surface area contributed by atoms with Crippen molar-refractivity contribution in [2.45, 2.75) is 48.2 Å². The molecule has 0 unspecified atom stereocenters. The topological polar surface area (TPSA) is 72.7 Å². The van der Waals surface area contributed by atoms with Gasteiger partial charge in [0.2, 0.25) is 5.82 Å². The number of aryl methyl sites for hydroxylation is 2. The van der Waals surface area contributed by atoms with E-state index >= 15 is 0 Å². The maximum Gasteiger partial charge on any atom is 0.291 e. The number of carbonyl (C=O) groups excluding carboxylic acids is 1. The molecule has 1 aliphatic carbocycles. The highest BCUT2D eigenvalue weighted by Crippen LogP contribution is 2.35. The van der Waals surface area contributed by atoms with Crippen LogP contribution < -0.4 is 5.32 Å². The number of thioether (sulfide) groups is 1. The zero-order chi connectivity index (χ0) is 15.5. The highest BCUT2D eigenvalue weighted by atomic mass is 32.2. The van der Waals surface area contributed by atoms with Crippen molar-refractivity contribution in [3.05, 3.63) is 23.2 Å². The van der Waals surface area contributed by atoms with Crippen molar-refractivity contribution >= 4 is 29.0 Å². The molecule has 0 bridgehead atoms. The molecule has 2 aromatic heterocycles. The van der Waals surface area contributed by atoms with E-state index in [9.17, 15) is 4.79 Å². The number of hydrogen-bond donors (Lipinski definition) is 1. The Labute approximate surface area is 137 Å². The molecule has 2 heterocycles. The lowest BCUT2D eigenvalue weighted by Gasteiger charge is -2.27. The third kappa shape index (κ3) is 3.86. The van der Waals surface area contributed by atoms with Crippen LogP contribution >= 0.6 is 23.1 Å². The Hall–Kier alpha value is -1.41. The summed E-state index contributed by atoms with van der Waals surface area (Å²) in [5.74, 6) is 0.0736. The number of carbonyl (C=O) groups is 1. The Kier molecular flexibility index (Phi) is 4.77. The quantitative estimate of drug-likeness (QED) is 0.927. The Morgan fingerprint density at radius 1 is 1.41 bits per heavy atom. The average molecular weight is 337 g/mol. The van der Waals surface area contributed by atoms with E-state index in [0.29, 0.717) is 5.25 Å². The predicted molar refractivity (Wildman–Crippen MR) is 87.2 cm³/mol. The Bertz CT molecular complexity index is 645. The average Bonchev–Trinajstić information content (AvgIpc) is 3.10. The summed E-state index contributed by atoms with van der Waals surface area (Å²) in [6.45, 7) is 2.03. The van der Waals surface area contributed by atoms with Crippen LogP contribution in [-0.2, 0) is 7.05 Å². The second kappa shape index (κ2) is 6.78. The van der Waals surface area contributed by atoms with Crippen LogP contribution in [0, 0.1) is 6.92 Å². The van der Waals surface area contributed by atoms with Gasteiger partial charge in [0.05, 0.1) is 0 Å². The first-order chi connectivity index (χ1) is 10.6. The van der Waals surface area contributed by atoms with E-state index in [1.54, 1.807) is 29.4 Å². The maximum absolute atomic E-state index is 12.0.